The Bertz CT molecular complexity index is 390. The van der Waals surface area contributed by atoms with E-state index in [2.05, 4.69) is 4.99 Å². The Hall–Kier alpha value is -1.58. The van der Waals surface area contributed by atoms with Crippen LogP contribution in [0.1, 0.15) is 66.2 Å². The molecule has 0 aliphatic heterocycles. The first-order valence-corrected chi connectivity index (χ1v) is 8.84. The van der Waals surface area contributed by atoms with Gasteiger partial charge in [0.2, 0.25) is 6.08 Å². The minimum Gasteiger partial charge on any atom is -0.498 e. The van der Waals surface area contributed by atoms with Crippen molar-refractivity contribution in [3.8, 4) is 0 Å². The van der Waals surface area contributed by atoms with Crippen LogP contribution in [0.2, 0.25) is 0 Å². The van der Waals surface area contributed by atoms with Gasteiger partial charge in [-0.15, -0.1) is 0 Å². The molecule has 5 nitrogen and oxygen atoms in total. The van der Waals surface area contributed by atoms with Gasteiger partial charge in [-0.25, -0.2) is 9.79 Å². The van der Waals surface area contributed by atoms with Gasteiger partial charge in [0.15, 0.2) is 0 Å². The third-order valence-corrected chi connectivity index (χ3v) is 3.92. The first-order chi connectivity index (χ1) is 11.5. The second-order valence-corrected chi connectivity index (χ2v) is 5.98. The Morgan fingerprint density at radius 3 is 1.96 bits per heavy atom. The molecule has 5 heteroatoms. The van der Waals surface area contributed by atoms with Crippen molar-refractivity contribution in [2.24, 2.45) is 4.99 Å². The molecule has 1 N–H and O–H groups in total. The fraction of sp³-hybridized carbons (Fsp3) is 0.737. The van der Waals surface area contributed by atoms with Crippen molar-refractivity contribution in [1.82, 2.24) is 0 Å². The quantitative estimate of drug-likeness (QED) is 0.222. The second-order valence-electron chi connectivity index (χ2n) is 5.98. The minimum absolute atomic E-state index is 0.0556. The summed E-state index contributed by atoms with van der Waals surface area (Å²) in [7, 11) is 0. The van der Waals surface area contributed by atoms with E-state index in [0.29, 0.717) is 32.2 Å². The molecule has 24 heavy (non-hydrogen) atoms. The van der Waals surface area contributed by atoms with Gasteiger partial charge < -0.3 is 14.6 Å². The van der Waals surface area contributed by atoms with Crippen molar-refractivity contribution < 1.29 is 19.4 Å². The van der Waals surface area contributed by atoms with Crippen LogP contribution in [0.25, 0.3) is 0 Å². The summed E-state index contributed by atoms with van der Waals surface area (Å²) in [5.41, 5.74) is -0.914. The van der Waals surface area contributed by atoms with Gasteiger partial charge >= 0.3 is 0 Å². The molecule has 0 aromatic heterocycles. The van der Waals surface area contributed by atoms with Gasteiger partial charge in [0.05, 0.1) is 24.7 Å². The molecule has 2 atom stereocenters. The number of hydrogen-bond acceptors (Lipinski definition) is 5. The minimum atomic E-state index is -0.914. The summed E-state index contributed by atoms with van der Waals surface area (Å²) >= 11 is 0. The summed E-state index contributed by atoms with van der Waals surface area (Å²) in [6.45, 7) is 8.26. The number of allylic oxidation sites excluding steroid dienone is 2. The second kappa shape index (κ2) is 13.8. The van der Waals surface area contributed by atoms with E-state index in [1.165, 1.54) is 6.08 Å². The lowest BCUT2D eigenvalue weighted by molar-refractivity contribution is -0.0572. The smallest absolute Gasteiger partial charge is 0.234 e. The van der Waals surface area contributed by atoms with Crippen molar-refractivity contribution in [3.05, 3.63) is 24.7 Å². The van der Waals surface area contributed by atoms with Crippen LogP contribution in [0, 0.1) is 0 Å². The van der Waals surface area contributed by atoms with Gasteiger partial charge in [0, 0.05) is 12.8 Å². The number of ether oxygens (including phenoxy) is 2. The molecule has 0 aromatic carbocycles. The van der Waals surface area contributed by atoms with Crippen LogP contribution in [-0.4, -0.2) is 35.5 Å². The third kappa shape index (κ3) is 10.2. The monoisotopic (exact) mass is 339 g/mol. The Balaban J connectivity index is 4.97. The standard InChI is InChI=1S/C19H33NO4/c1-5-12-23-17(7-3)14-19(22,10-9-11-20-16-21)15-18(8-4)24-13-6-2/h5-6,12-13,17-18,22H,7-11,14-15H2,1-4H3. The van der Waals surface area contributed by atoms with Crippen LogP contribution < -0.4 is 0 Å². The van der Waals surface area contributed by atoms with E-state index in [1.54, 1.807) is 12.5 Å². The lowest BCUT2D eigenvalue weighted by atomic mass is 9.84. The maximum Gasteiger partial charge on any atom is 0.234 e. The molecule has 0 saturated heterocycles. The van der Waals surface area contributed by atoms with Gasteiger partial charge in [0.1, 0.15) is 12.2 Å². The zero-order valence-corrected chi connectivity index (χ0v) is 15.5. The van der Waals surface area contributed by atoms with Crippen molar-refractivity contribution in [2.75, 3.05) is 6.54 Å². The first-order valence-electron chi connectivity index (χ1n) is 8.84. The molecular weight excluding hydrogens is 306 g/mol. The predicted octanol–water partition coefficient (Wildman–Crippen LogP) is 4.27. The zero-order valence-electron chi connectivity index (χ0n) is 15.5. The topological polar surface area (TPSA) is 68.1 Å². The van der Waals surface area contributed by atoms with Gasteiger partial charge in [0.25, 0.3) is 0 Å². The van der Waals surface area contributed by atoms with E-state index < -0.39 is 5.60 Å². The molecule has 0 fully saturated rings. The van der Waals surface area contributed by atoms with Crippen LogP contribution >= 0.6 is 0 Å². The van der Waals surface area contributed by atoms with Crippen LogP contribution in [0.5, 0.6) is 0 Å². The van der Waals surface area contributed by atoms with Gasteiger partial charge in [-0.05, 0) is 39.5 Å². The molecule has 0 aliphatic carbocycles. The average Bonchev–Trinajstić information content (AvgIpc) is 2.59. The fourth-order valence-electron chi connectivity index (χ4n) is 2.62. The van der Waals surface area contributed by atoms with Crippen LogP contribution in [-0.2, 0) is 14.3 Å². The van der Waals surface area contributed by atoms with Gasteiger partial charge in [-0.1, -0.05) is 26.0 Å². The summed E-state index contributed by atoms with van der Waals surface area (Å²) in [5, 5.41) is 11.2. The van der Waals surface area contributed by atoms with Crippen molar-refractivity contribution in [2.45, 2.75) is 84.0 Å². The van der Waals surface area contributed by atoms with Crippen molar-refractivity contribution in [1.29, 1.82) is 0 Å². The van der Waals surface area contributed by atoms with Crippen molar-refractivity contribution in [3.63, 3.8) is 0 Å². The molecular formula is C19H33NO4. The summed E-state index contributed by atoms with van der Waals surface area (Å²) in [5.74, 6) is 0. The highest BCUT2D eigenvalue weighted by atomic mass is 16.5. The lowest BCUT2D eigenvalue weighted by Gasteiger charge is -2.34. The van der Waals surface area contributed by atoms with E-state index >= 15 is 0 Å². The van der Waals surface area contributed by atoms with Crippen molar-refractivity contribution >= 4 is 6.08 Å². The van der Waals surface area contributed by atoms with E-state index in [4.69, 9.17) is 9.47 Å². The molecule has 0 aromatic rings. The molecule has 0 amide bonds. The normalized spacial score (nSPS) is 16.5. The fourth-order valence-corrected chi connectivity index (χ4v) is 2.62. The summed E-state index contributed by atoms with van der Waals surface area (Å²) in [6.07, 6.45) is 12.3. The summed E-state index contributed by atoms with van der Waals surface area (Å²) in [4.78, 5) is 13.8. The molecule has 0 saturated carbocycles. The Labute approximate surface area is 146 Å². The largest absolute Gasteiger partial charge is 0.498 e. The number of aliphatic imine (C=N–C) groups is 1. The van der Waals surface area contributed by atoms with Crippen LogP contribution in [0.15, 0.2) is 29.7 Å². The molecule has 138 valence electrons. The summed E-state index contributed by atoms with van der Waals surface area (Å²) < 4.78 is 11.4. The molecule has 0 spiro atoms. The summed E-state index contributed by atoms with van der Waals surface area (Å²) in [6, 6.07) is 0. The van der Waals surface area contributed by atoms with Gasteiger partial charge in [-0.3, -0.25) is 0 Å². The Kier molecular flexibility index (Phi) is 12.9. The van der Waals surface area contributed by atoms with Crippen LogP contribution in [0.4, 0.5) is 0 Å². The number of isocyanates is 1. The highest BCUT2D eigenvalue weighted by Crippen LogP contribution is 2.29. The first kappa shape index (κ1) is 22.4. The molecule has 0 aliphatic rings. The van der Waals surface area contributed by atoms with E-state index in [0.717, 1.165) is 12.8 Å². The molecule has 2 unspecified atom stereocenters. The molecule has 0 radical (unpaired) electrons. The SMILES string of the molecule is CC=COC(CC)CC(O)(CCCN=C=O)CC(CC)OC=CC. The predicted molar refractivity (Wildman–Crippen MR) is 96.4 cm³/mol. The van der Waals surface area contributed by atoms with E-state index in [9.17, 15) is 9.90 Å². The maximum absolute atomic E-state index is 11.2. The van der Waals surface area contributed by atoms with Crippen LogP contribution in [0.3, 0.4) is 0 Å². The number of carbonyl (C=O) groups excluding carboxylic acids is 1. The van der Waals surface area contributed by atoms with Gasteiger partial charge in [-0.2, -0.15) is 0 Å². The number of nitrogens with zero attached hydrogens (tertiary/aromatic N) is 1. The highest BCUT2D eigenvalue weighted by molar-refractivity contribution is 5.32. The average molecular weight is 339 g/mol. The number of aliphatic hydroxyl groups is 1. The third-order valence-electron chi connectivity index (χ3n) is 3.92. The number of hydrogen-bond donors (Lipinski definition) is 1. The zero-order chi connectivity index (χ0) is 18.3. The highest BCUT2D eigenvalue weighted by Gasteiger charge is 2.33. The van der Waals surface area contributed by atoms with E-state index in [1.807, 2.05) is 39.8 Å². The Morgan fingerprint density at radius 1 is 1.08 bits per heavy atom. The lowest BCUT2D eigenvalue weighted by Crippen LogP contribution is -2.38. The Morgan fingerprint density at radius 2 is 1.58 bits per heavy atom. The molecule has 0 rings (SSSR count). The maximum atomic E-state index is 11.2. The molecule has 0 heterocycles. The van der Waals surface area contributed by atoms with E-state index in [-0.39, 0.29) is 12.2 Å². The molecule has 0 bridgehead atoms. The number of rotatable bonds is 14.